The predicted octanol–water partition coefficient (Wildman–Crippen LogP) is -5.11. The summed E-state index contributed by atoms with van der Waals surface area (Å²) in [5.74, 6) is 0. The van der Waals surface area contributed by atoms with Gasteiger partial charge in [-0.15, -0.1) is 0 Å². The Morgan fingerprint density at radius 3 is 0.727 bits per heavy atom. The minimum atomic E-state index is -4.08. The molecule has 78 valence electrons. The van der Waals surface area contributed by atoms with Crippen molar-refractivity contribution in [1.29, 1.82) is 0 Å². The third-order valence-corrected chi connectivity index (χ3v) is 0. The molecule has 0 aliphatic carbocycles. The zero-order valence-electron chi connectivity index (χ0n) is 4.19. The van der Waals surface area contributed by atoms with E-state index in [4.69, 9.17) is 9.48 Å². The molecule has 11 heavy (non-hydrogen) atoms. The Morgan fingerprint density at radius 1 is 0.727 bits per heavy atom. The molecule has 7 nitrogen and oxygen atoms in total. The van der Waals surface area contributed by atoms with Crippen LogP contribution in [0.4, 0.5) is 0 Å². The summed E-state index contributed by atoms with van der Waals surface area (Å²) in [5.41, 5.74) is 0. The van der Waals surface area contributed by atoms with E-state index >= 15 is 0 Å². The Labute approximate surface area is 155 Å². The zero-order valence-corrected chi connectivity index (χ0v) is 12.7. The van der Waals surface area contributed by atoms with Gasteiger partial charge in [-0.05, 0) is 0 Å². The molecular weight excluding hydrogens is 748 g/mol. The summed E-state index contributed by atoms with van der Waals surface area (Å²) in [6, 6.07) is 0. The zero-order chi connectivity index (χ0) is 7.15. The summed E-state index contributed by atoms with van der Waals surface area (Å²) < 4.78 is 51.5. The van der Waals surface area contributed by atoms with Gasteiger partial charge in [0, 0.05) is 0 Å². The molecule has 0 saturated heterocycles. The van der Waals surface area contributed by atoms with Crippen LogP contribution in [-0.2, 0) is 8.13 Å². The Bertz CT molecular complexity index is 68.4. The standard InChI is InChI=1S/7O.4Tb/q;;-2;4*-1;;;2*+3. The van der Waals surface area contributed by atoms with Crippen LogP contribution in [0.3, 0.4) is 0 Å². The van der Waals surface area contributed by atoms with Gasteiger partial charge in [0.05, 0.1) is 0 Å². The van der Waals surface area contributed by atoms with E-state index in [0.29, 0.717) is 0 Å². The van der Waals surface area contributed by atoms with Crippen LogP contribution in [0.1, 0.15) is 0 Å². The van der Waals surface area contributed by atoms with E-state index in [9.17, 15) is 0 Å². The van der Waals surface area contributed by atoms with Crippen LogP contribution >= 0.6 is 0 Å². The second-order valence-electron chi connectivity index (χ2n) is 0.333. The maximum absolute atomic E-state index is 8.58. The second kappa shape index (κ2) is 24.0. The van der Waals surface area contributed by atoms with Crippen LogP contribution in [0, 0.1) is 145 Å². The summed E-state index contributed by atoms with van der Waals surface area (Å²) in [6.07, 6.45) is 0. The summed E-state index contributed by atoms with van der Waals surface area (Å²) >= 11 is -8.17. The third-order valence-electron chi connectivity index (χ3n) is 0. The number of hydrogen-bond acceptors (Lipinski definition) is 6. The Balaban J connectivity index is -0.0000000171. The molecule has 0 aromatic carbocycles. The average molecular weight is 748 g/mol. The molecule has 0 radical (unpaired) electrons. The largest absolute Gasteiger partial charge is 3.00 e. The normalized spacial score (nSPS) is 8.00. The summed E-state index contributed by atoms with van der Waals surface area (Å²) in [6.45, 7) is 0. The van der Waals surface area contributed by atoms with Crippen LogP contribution in [0.5, 0.6) is 0 Å². The van der Waals surface area contributed by atoms with Gasteiger partial charge in [-0.2, -0.15) is 0 Å². The molecule has 0 aromatic heterocycles. The van der Waals surface area contributed by atoms with Gasteiger partial charge < -0.3 is 5.48 Å². The average Bonchev–Trinajstić information content (AvgIpc) is 1.25. The van der Waals surface area contributed by atoms with Gasteiger partial charge in [-0.3, -0.25) is 0 Å². The van der Waals surface area contributed by atoms with E-state index in [1.807, 2.05) is 0 Å². The Morgan fingerprint density at radius 2 is 0.727 bits per heavy atom. The smallest absolute Gasteiger partial charge is 3.00 e. The molecule has 11 heteroatoms. The van der Waals surface area contributed by atoms with Crippen molar-refractivity contribution in [3.8, 4) is 0 Å². The second-order valence-corrected chi connectivity index (χ2v) is 2.47. The topological polar surface area (TPSA) is 155 Å². The van der Waals surface area contributed by atoms with Gasteiger partial charge in [0.15, 0.2) is 0 Å². The van der Waals surface area contributed by atoms with E-state index in [1.54, 1.807) is 0 Å². The monoisotopic (exact) mass is 748 g/mol. The molecule has 0 unspecified atom stereocenters. The molecule has 0 aliphatic rings. The first-order chi connectivity index (χ1) is 3.46. The van der Waals surface area contributed by atoms with Gasteiger partial charge in [0.2, 0.25) is 0 Å². The van der Waals surface area contributed by atoms with Crippen molar-refractivity contribution in [3.63, 3.8) is 0 Å². The van der Waals surface area contributed by atoms with Gasteiger partial charge in [-0.1, -0.05) is 0 Å². The molecule has 0 N–H and O–H groups in total. The molecule has 0 rings (SSSR count). The van der Waals surface area contributed by atoms with E-state index in [-0.39, 0.29) is 82.7 Å². The maximum Gasteiger partial charge on any atom is 3.00 e. The van der Waals surface area contributed by atoms with Crippen molar-refractivity contribution in [2.45, 2.75) is 0 Å². The quantitative estimate of drug-likeness (QED) is 0.242. The number of hydrogen-bond donors (Lipinski definition) is 0. The third kappa shape index (κ3) is 111. The molecule has 0 aliphatic heterocycles. The molecule has 0 saturated carbocycles. The molecular formula is O7Tb4. The molecule has 0 fully saturated rings. The Hall–Kier alpha value is 4.54. The van der Waals surface area contributed by atoms with Crippen molar-refractivity contribution in [3.05, 3.63) is 0 Å². The molecule has 0 heterocycles. The van der Waals surface area contributed by atoms with Crippen LogP contribution in [-0.4, -0.2) is 0 Å². The van der Waals surface area contributed by atoms with E-state index in [2.05, 4.69) is 0 Å². The summed E-state index contributed by atoms with van der Waals surface area (Å²) in [5, 5.41) is 0. The molecule has 0 aromatic rings. The van der Waals surface area contributed by atoms with Crippen LogP contribution in [0.25, 0.3) is 0 Å². The SMILES string of the molecule is [O-2].[O]=[Tb]([O-])[O-].[O]=[Tb]([O-])[O-].[Tb+3].[Tb+3]. The van der Waals surface area contributed by atoms with Crippen molar-refractivity contribution < 1.29 is 160 Å². The van der Waals surface area contributed by atoms with Gasteiger partial charge >= 0.3 is 155 Å². The summed E-state index contributed by atoms with van der Waals surface area (Å²) in [4.78, 5) is 0. The fourth-order valence-electron chi connectivity index (χ4n) is 0. The van der Waals surface area contributed by atoms with Gasteiger partial charge in [0.25, 0.3) is 0 Å². The first kappa shape index (κ1) is 29.6. The van der Waals surface area contributed by atoms with Crippen molar-refractivity contribution in [1.82, 2.24) is 0 Å². The first-order valence-corrected chi connectivity index (χ1v) is 6.06. The van der Waals surface area contributed by atoms with Crippen LogP contribution < -0.4 is 6.83 Å². The van der Waals surface area contributed by atoms with E-state index in [1.165, 1.54) is 0 Å². The molecule has 0 spiro atoms. The van der Waals surface area contributed by atoms with Crippen molar-refractivity contribution in [2.75, 3.05) is 0 Å². The van der Waals surface area contributed by atoms with Crippen LogP contribution in [0.2, 0.25) is 0 Å². The Kier molecular flexibility index (Phi) is 64.5. The minimum absolute atomic E-state index is 0. The molecule has 0 atom stereocenters. The van der Waals surface area contributed by atoms with E-state index in [0.717, 1.165) is 0 Å². The fraction of sp³-hybridized carbons (Fsp3) is 0. The predicted molar refractivity (Wildman–Crippen MR) is 2.06 cm³/mol. The summed E-state index contributed by atoms with van der Waals surface area (Å²) in [7, 11) is 0. The van der Waals surface area contributed by atoms with E-state index < -0.39 is 67.8 Å². The van der Waals surface area contributed by atoms with Crippen LogP contribution in [0.15, 0.2) is 0 Å². The van der Waals surface area contributed by atoms with Gasteiger partial charge in [0.1, 0.15) is 0 Å². The molecule has 0 bridgehead atoms. The van der Waals surface area contributed by atoms with Gasteiger partial charge in [-0.25, -0.2) is 0 Å². The molecule has 0 amide bonds. The number of rotatable bonds is 0. The first-order valence-electron chi connectivity index (χ1n) is 0.816. The van der Waals surface area contributed by atoms with Crippen molar-refractivity contribution in [2.24, 2.45) is 0 Å². The van der Waals surface area contributed by atoms with Crippen molar-refractivity contribution >= 4 is 0 Å². The fourth-order valence-corrected chi connectivity index (χ4v) is 0. The minimum Gasteiger partial charge on any atom is 3.00 e. The maximum atomic E-state index is 8.58.